The third kappa shape index (κ3) is 3.23. The van der Waals surface area contributed by atoms with E-state index in [4.69, 9.17) is 10.00 Å². The zero-order chi connectivity index (χ0) is 14.6. The number of nitriles is 1. The summed E-state index contributed by atoms with van der Waals surface area (Å²) in [6.45, 7) is 2.57. The maximum atomic E-state index is 11.9. The van der Waals surface area contributed by atoms with Crippen LogP contribution in [-0.2, 0) is 10.0 Å². The van der Waals surface area contributed by atoms with Gasteiger partial charge in [0.15, 0.2) is 0 Å². The van der Waals surface area contributed by atoms with Gasteiger partial charge in [0, 0.05) is 18.9 Å². The monoisotopic (exact) mass is 296 g/mol. The average Bonchev–Trinajstić information content (AvgIpc) is 2.89. The topological polar surface area (TPSA) is 96.2 Å². The molecule has 0 aromatic carbocycles. The molecule has 2 rings (SSSR count). The fourth-order valence-electron chi connectivity index (χ4n) is 2.08. The zero-order valence-electron chi connectivity index (χ0n) is 11.2. The Labute approximate surface area is 118 Å². The van der Waals surface area contributed by atoms with Gasteiger partial charge in [-0.1, -0.05) is 6.92 Å². The maximum absolute atomic E-state index is 11.9. The molecule has 20 heavy (non-hydrogen) atoms. The molecule has 0 aliphatic carbocycles. The summed E-state index contributed by atoms with van der Waals surface area (Å²) in [4.78, 5) is 7.82. The SMILES string of the molecule is CCCS(=O)(=O)N1CCC(Oc2nccnc2C#N)C1. The summed E-state index contributed by atoms with van der Waals surface area (Å²) in [7, 11) is -3.20. The molecule has 1 aliphatic heterocycles. The Hall–Kier alpha value is -1.72. The lowest BCUT2D eigenvalue weighted by molar-refractivity contribution is 0.205. The molecule has 0 amide bonds. The van der Waals surface area contributed by atoms with E-state index in [1.807, 2.05) is 13.0 Å². The van der Waals surface area contributed by atoms with E-state index in [2.05, 4.69) is 9.97 Å². The van der Waals surface area contributed by atoms with E-state index in [1.165, 1.54) is 16.7 Å². The van der Waals surface area contributed by atoms with E-state index in [0.29, 0.717) is 25.9 Å². The number of aromatic nitrogens is 2. The van der Waals surface area contributed by atoms with E-state index < -0.39 is 10.0 Å². The Balaban J connectivity index is 2.02. The molecule has 1 fully saturated rings. The Bertz CT molecular complexity index is 611. The molecule has 7 nitrogen and oxygen atoms in total. The highest BCUT2D eigenvalue weighted by molar-refractivity contribution is 7.89. The Morgan fingerprint density at radius 3 is 2.95 bits per heavy atom. The normalized spacial score (nSPS) is 19.7. The summed E-state index contributed by atoms with van der Waals surface area (Å²) in [5.41, 5.74) is 0.113. The molecule has 1 aromatic heterocycles. The third-order valence-corrected chi connectivity index (χ3v) is 5.05. The van der Waals surface area contributed by atoms with Crippen LogP contribution in [-0.4, -0.2) is 47.6 Å². The molecule has 0 N–H and O–H groups in total. The van der Waals surface area contributed by atoms with E-state index in [-0.39, 0.29) is 23.4 Å². The molecule has 1 aromatic rings. The first-order chi connectivity index (χ1) is 9.56. The molecule has 0 bridgehead atoms. The van der Waals surface area contributed by atoms with Crippen LogP contribution in [0.5, 0.6) is 5.88 Å². The molecule has 0 radical (unpaired) electrons. The van der Waals surface area contributed by atoms with Crippen LogP contribution in [0.25, 0.3) is 0 Å². The van der Waals surface area contributed by atoms with Gasteiger partial charge in [-0.3, -0.25) is 0 Å². The van der Waals surface area contributed by atoms with Crippen molar-refractivity contribution in [1.29, 1.82) is 5.26 Å². The standard InChI is InChI=1S/C12H16N4O3S/c1-2-7-20(17,18)16-6-3-10(9-16)19-12-11(8-13)14-4-5-15-12/h4-5,10H,2-3,6-7,9H2,1H3. The van der Waals surface area contributed by atoms with Crippen molar-refractivity contribution in [3.05, 3.63) is 18.1 Å². The van der Waals surface area contributed by atoms with Crippen molar-refractivity contribution in [1.82, 2.24) is 14.3 Å². The van der Waals surface area contributed by atoms with E-state index in [1.54, 1.807) is 0 Å². The van der Waals surface area contributed by atoms with Gasteiger partial charge in [0.25, 0.3) is 5.88 Å². The van der Waals surface area contributed by atoms with E-state index in [0.717, 1.165) is 0 Å². The van der Waals surface area contributed by atoms with E-state index >= 15 is 0 Å². The highest BCUT2D eigenvalue weighted by Crippen LogP contribution is 2.20. The molecule has 0 spiro atoms. The molecule has 1 saturated heterocycles. The summed E-state index contributed by atoms with van der Waals surface area (Å²) in [5, 5.41) is 8.90. The maximum Gasteiger partial charge on any atom is 0.251 e. The Morgan fingerprint density at radius 1 is 1.50 bits per heavy atom. The molecular weight excluding hydrogens is 280 g/mol. The summed E-state index contributed by atoms with van der Waals surface area (Å²) in [6.07, 6.45) is 3.75. The summed E-state index contributed by atoms with van der Waals surface area (Å²) < 4.78 is 30.9. The van der Waals surface area contributed by atoms with Crippen LogP contribution < -0.4 is 4.74 Å². The minimum Gasteiger partial charge on any atom is -0.471 e. The molecule has 1 unspecified atom stereocenters. The number of sulfonamides is 1. The first-order valence-electron chi connectivity index (χ1n) is 6.42. The smallest absolute Gasteiger partial charge is 0.251 e. The minimum atomic E-state index is -3.20. The second kappa shape index (κ2) is 6.15. The van der Waals surface area contributed by atoms with Crippen molar-refractivity contribution in [2.75, 3.05) is 18.8 Å². The van der Waals surface area contributed by atoms with Crippen LogP contribution in [0, 0.1) is 11.3 Å². The highest BCUT2D eigenvalue weighted by Gasteiger charge is 2.32. The number of ether oxygens (including phenoxy) is 1. The number of rotatable bonds is 5. The second-order valence-corrected chi connectivity index (χ2v) is 6.61. The molecule has 1 aliphatic rings. The molecule has 2 heterocycles. The lowest BCUT2D eigenvalue weighted by Gasteiger charge is -2.16. The van der Waals surface area contributed by atoms with Crippen LogP contribution in [0.4, 0.5) is 0 Å². The van der Waals surface area contributed by atoms with Crippen LogP contribution >= 0.6 is 0 Å². The van der Waals surface area contributed by atoms with Gasteiger partial charge in [-0.25, -0.2) is 18.4 Å². The lowest BCUT2D eigenvalue weighted by atomic mass is 10.3. The molecule has 8 heteroatoms. The predicted octanol–water partition coefficient (Wildman–Crippen LogP) is 0.541. The summed E-state index contributed by atoms with van der Waals surface area (Å²) in [6, 6.07) is 1.90. The number of nitrogens with zero attached hydrogens (tertiary/aromatic N) is 4. The van der Waals surface area contributed by atoms with Gasteiger partial charge >= 0.3 is 0 Å². The van der Waals surface area contributed by atoms with Crippen LogP contribution in [0.3, 0.4) is 0 Å². The molecule has 108 valence electrons. The van der Waals surface area contributed by atoms with Crippen molar-refractivity contribution < 1.29 is 13.2 Å². The Kier molecular flexibility index (Phi) is 4.52. The van der Waals surface area contributed by atoms with Gasteiger partial charge in [-0.05, 0) is 12.8 Å². The first-order valence-corrected chi connectivity index (χ1v) is 8.03. The van der Waals surface area contributed by atoms with Crippen molar-refractivity contribution >= 4 is 10.0 Å². The first kappa shape index (κ1) is 14.7. The van der Waals surface area contributed by atoms with Crippen molar-refractivity contribution in [3.8, 4) is 11.9 Å². The molecular formula is C12H16N4O3S. The minimum absolute atomic E-state index is 0.113. The molecule has 0 saturated carbocycles. The number of hydrogen-bond donors (Lipinski definition) is 0. The molecule has 1 atom stereocenters. The van der Waals surface area contributed by atoms with Gasteiger partial charge in [0.1, 0.15) is 12.2 Å². The summed E-state index contributed by atoms with van der Waals surface area (Å²) >= 11 is 0. The van der Waals surface area contributed by atoms with Crippen molar-refractivity contribution in [3.63, 3.8) is 0 Å². The largest absolute Gasteiger partial charge is 0.471 e. The third-order valence-electron chi connectivity index (χ3n) is 3.01. The Morgan fingerprint density at radius 2 is 2.25 bits per heavy atom. The van der Waals surface area contributed by atoms with E-state index in [9.17, 15) is 8.42 Å². The van der Waals surface area contributed by atoms with Gasteiger partial charge in [-0.2, -0.15) is 9.57 Å². The van der Waals surface area contributed by atoms with Crippen LogP contribution in [0.2, 0.25) is 0 Å². The lowest BCUT2D eigenvalue weighted by Crippen LogP contribution is -2.32. The quantitative estimate of drug-likeness (QED) is 0.787. The summed E-state index contributed by atoms with van der Waals surface area (Å²) in [5.74, 6) is 0.309. The van der Waals surface area contributed by atoms with Gasteiger partial charge in [-0.15, -0.1) is 0 Å². The fraction of sp³-hybridized carbons (Fsp3) is 0.583. The van der Waals surface area contributed by atoms with Crippen LogP contribution in [0.15, 0.2) is 12.4 Å². The van der Waals surface area contributed by atoms with Crippen molar-refractivity contribution in [2.45, 2.75) is 25.9 Å². The fourth-order valence-corrected chi connectivity index (χ4v) is 3.63. The average molecular weight is 296 g/mol. The number of hydrogen-bond acceptors (Lipinski definition) is 6. The predicted molar refractivity (Wildman–Crippen MR) is 71.4 cm³/mol. The van der Waals surface area contributed by atoms with Crippen LogP contribution in [0.1, 0.15) is 25.5 Å². The van der Waals surface area contributed by atoms with Gasteiger partial charge in [0.05, 0.1) is 12.3 Å². The van der Waals surface area contributed by atoms with Crippen molar-refractivity contribution in [2.24, 2.45) is 0 Å². The zero-order valence-corrected chi connectivity index (χ0v) is 12.0. The van der Waals surface area contributed by atoms with Gasteiger partial charge in [0.2, 0.25) is 15.7 Å². The van der Waals surface area contributed by atoms with Gasteiger partial charge < -0.3 is 4.74 Å². The second-order valence-electron chi connectivity index (χ2n) is 4.52. The highest BCUT2D eigenvalue weighted by atomic mass is 32.2.